The van der Waals surface area contributed by atoms with Crippen molar-refractivity contribution in [2.75, 3.05) is 7.11 Å². The first-order valence-corrected chi connectivity index (χ1v) is 9.11. The van der Waals surface area contributed by atoms with E-state index in [-0.39, 0.29) is 0 Å². The molecule has 0 spiro atoms. The van der Waals surface area contributed by atoms with Gasteiger partial charge in [-0.15, -0.1) is 0 Å². The molecule has 1 saturated carbocycles. The Kier molecular flexibility index (Phi) is 4.06. The molecule has 24 heavy (non-hydrogen) atoms. The molecular formula is C18H19N3O2S. The van der Waals surface area contributed by atoms with Crippen molar-refractivity contribution in [1.29, 1.82) is 0 Å². The van der Waals surface area contributed by atoms with Crippen LogP contribution in [0.2, 0.25) is 0 Å². The second-order valence-corrected chi connectivity index (χ2v) is 7.15. The fourth-order valence-electron chi connectivity index (χ4n) is 3.38. The largest absolute Gasteiger partial charge is 0.497 e. The number of rotatable bonds is 4. The normalized spacial score (nSPS) is 15.7. The molecule has 0 N–H and O–H groups in total. The van der Waals surface area contributed by atoms with Crippen molar-refractivity contribution in [3.63, 3.8) is 0 Å². The Labute approximate surface area is 144 Å². The predicted octanol–water partition coefficient (Wildman–Crippen LogP) is 4.33. The maximum absolute atomic E-state index is 11.7. The fraction of sp³-hybridized carbons (Fsp3) is 0.389. The third-order valence-electron chi connectivity index (χ3n) is 4.66. The molecule has 4 rings (SSSR count). The van der Waals surface area contributed by atoms with Gasteiger partial charge in [0.15, 0.2) is 6.29 Å². The number of aromatic nitrogens is 3. The van der Waals surface area contributed by atoms with Crippen LogP contribution in [0, 0.1) is 0 Å². The lowest BCUT2D eigenvalue weighted by Crippen LogP contribution is -2.05. The van der Waals surface area contributed by atoms with Crippen LogP contribution in [-0.4, -0.2) is 28.0 Å². The number of hydrogen-bond acceptors (Lipinski definition) is 5. The van der Waals surface area contributed by atoms with Crippen LogP contribution >= 0.6 is 11.3 Å². The Hall–Kier alpha value is -2.21. The van der Waals surface area contributed by atoms with Gasteiger partial charge in [-0.2, -0.15) is 9.61 Å². The number of hydrogen-bond donors (Lipinski definition) is 0. The monoisotopic (exact) mass is 341 g/mol. The van der Waals surface area contributed by atoms with E-state index in [0.717, 1.165) is 27.6 Å². The molecule has 124 valence electrons. The molecule has 1 fully saturated rings. The zero-order valence-electron chi connectivity index (χ0n) is 13.6. The zero-order chi connectivity index (χ0) is 16.5. The van der Waals surface area contributed by atoms with E-state index in [4.69, 9.17) is 9.84 Å². The minimum absolute atomic E-state index is 0.511. The smallest absolute Gasteiger partial charge is 0.213 e. The average Bonchev–Trinajstić information content (AvgIpc) is 3.20. The molecule has 0 radical (unpaired) electrons. The Morgan fingerprint density at radius 3 is 2.88 bits per heavy atom. The van der Waals surface area contributed by atoms with Gasteiger partial charge >= 0.3 is 0 Å². The van der Waals surface area contributed by atoms with Gasteiger partial charge in [-0.05, 0) is 25.0 Å². The second-order valence-electron chi connectivity index (χ2n) is 6.17. The van der Waals surface area contributed by atoms with Crippen LogP contribution in [0.15, 0.2) is 24.3 Å². The molecule has 0 unspecified atom stereocenters. The van der Waals surface area contributed by atoms with Gasteiger partial charge in [-0.1, -0.05) is 42.7 Å². The quantitative estimate of drug-likeness (QED) is 0.663. The van der Waals surface area contributed by atoms with Gasteiger partial charge in [0.05, 0.1) is 7.11 Å². The number of imidazole rings is 1. The summed E-state index contributed by atoms with van der Waals surface area (Å²) in [6, 6.07) is 7.60. The first-order chi connectivity index (χ1) is 11.8. The molecule has 2 aromatic heterocycles. The maximum Gasteiger partial charge on any atom is 0.213 e. The van der Waals surface area contributed by atoms with Crippen molar-refractivity contribution in [2.45, 2.75) is 38.0 Å². The predicted molar refractivity (Wildman–Crippen MR) is 94.1 cm³/mol. The Bertz CT molecular complexity index is 878. The summed E-state index contributed by atoms with van der Waals surface area (Å²) < 4.78 is 6.97. The summed E-state index contributed by atoms with van der Waals surface area (Å²) in [7, 11) is 1.63. The molecule has 0 saturated heterocycles. The molecule has 0 bridgehead atoms. The maximum atomic E-state index is 11.7. The summed E-state index contributed by atoms with van der Waals surface area (Å²) in [5.41, 5.74) is 2.04. The van der Waals surface area contributed by atoms with Crippen molar-refractivity contribution in [3.05, 3.63) is 35.0 Å². The molecule has 3 aromatic rings. The van der Waals surface area contributed by atoms with Crippen LogP contribution in [0.1, 0.15) is 53.5 Å². The average molecular weight is 341 g/mol. The van der Waals surface area contributed by atoms with Gasteiger partial charge in [-0.25, -0.2) is 4.98 Å². The van der Waals surface area contributed by atoms with Gasteiger partial charge in [0.2, 0.25) is 4.96 Å². The molecule has 6 heteroatoms. The van der Waals surface area contributed by atoms with Gasteiger partial charge < -0.3 is 4.74 Å². The summed E-state index contributed by atoms with van der Waals surface area (Å²) >= 11 is 1.61. The van der Waals surface area contributed by atoms with E-state index in [1.807, 2.05) is 24.3 Å². The Morgan fingerprint density at radius 1 is 1.29 bits per heavy atom. The number of ether oxygens (including phenoxy) is 1. The lowest BCUT2D eigenvalue weighted by Gasteiger charge is -2.18. The highest BCUT2D eigenvalue weighted by atomic mass is 32.1. The standard InChI is InChI=1S/C18H19N3O2S/c1-23-14-9-5-8-13(10-14)16-15(11-22)21-18(19-16)24-17(20-21)12-6-3-2-4-7-12/h5,8-12H,2-4,6-7H2,1H3. The second kappa shape index (κ2) is 6.36. The summed E-state index contributed by atoms with van der Waals surface area (Å²) in [6.07, 6.45) is 7.08. The minimum atomic E-state index is 0.511. The summed E-state index contributed by atoms with van der Waals surface area (Å²) in [6.45, 7) is 0. The molecule has 0 amide bonds. The molecule has 0 atom stereocenters. The van der Waals surface area contributed by atoms with Crippen molar-refractivity contribution in [3.8, 4) is 17.0 Å². The van der Waals surface area contributed by atoms with Crippen LogP contribution < -0.4 is 4.74 Å². The minimum Gasteiger partial charge on any atom is -0.497 e. The highest BCUT2D eigenvalue weighted by molar-refractivity contribution is 7.16. The van der Waals surface area contributed by atoms with E-state index in [2.05, 4.69) is 4.98 Å². The number of carbonyl (C=O) groups is 1. The van der Waals surface area contributed by atoms with Gasteiger partial charge in [-0.3, -0.25) is 4.79 Å². The third kappa shape index (κ3) is 2.60. The van der Waals surface area contributed by atoms with Crippen LogP contribution in [0.25, 0.3) is 16.2 Å². The Morgan fingerprint density at radius 2 is 2.12 bits per heavy atom. The fourth-order valence-corrected chi connectivity index (χ4v) is 4.46. The number of carbonyl (C=O) groups excluding carboxylic acids is 1. The van der Waals surface area contributed by atoms with Crippen molar-refractivity contribution < 1.29 is 9.53 Å². The molecular weight excluding hydrogens is 322 g/mol. The first-order valence-electron chi connectivity index (χ1n) is 8.29. The van der Waals surface area contributed by atoms with Gasteiger partial charge in [0.1, 0.15) is 22.1 Å². The molecule has 5 nitrogen and oxygen atoms in total. The number of aldehydes is 1. The van der Waals surface area contributed by atoms with E-state index < -0.39 is 0 Å². The number of benzene rings is 1. The summed E-state index contributed by atoms with van der Waals surface area (Å²) in [5, 5.41) is 5.81. The Balaban J connectivity index is 1.77. The highest BCUT2D eigenvalue weighted by Crippen LogP contribution is 2.36. The van der Waals surface area contributed by atoms with E-state index in [0.29, 0.717) is 17.3 Å². The third-order valence-corrected chi connectivity index (χ3v) is 5.73. The number of nitrogens with zero attached hydrogens (tertiary/aromatic N) is 3. The van der Waals surface area contributed by atoms with Crippen molar-refractivity contribution in [1.82, 2.24) is 14.6 Å². The first kappa shape index (κ1) is 15.3. The van der Waals surface area contributed by atoms with Crippen LogP contribution in [-0.2, 0) is 0 Å². The molecule has 1 aliphatic carbocycles. The van der Waals surface area contributed by atoms with Crippen LogP contribution in [0.4, 0.5) is 0 Å². The lowest BCUT2D eigenvalue weighted by atomic mass is 9.90. The van der Waals surface area contributed by atoms with E-state index in [1.165, 1.54) is 32.1 Å². The van der Waals surface area contributed by atoms with E-state index in [9.17, 15) is 4.79 Å². The number of fused-ring (bicyclic) bond motifs is 1. The molecule has 1 aliphatic rings. The zero-order valence-corrected chi connectivity index (χ0v) is 14.4. The lowest BCUT2D eigenvalue weighted by molar-refractivity contribution is 0.111. The summed E-state index contributed by atoms with van der Waals surface area (Å²) in [4.78, 5) is 17.2. The van der Waals surface area contributed by atoms with Crippen molar-refractivity contribution >= 4 is 22.6 Å². The molecule has 2 heterocycles. The van der Waals surface area contributed by atoms with Gasteiger partial charge in [0.25, 0.3) is 0 Å². The van der Waals surface area contributed by atoms with Crippen LogP contribution in [0.5, 0.6) is 5.75 Å². The van der Waals surface area contributed by atoms with E-state index in [1.54, 1.807) is 23.0 Å². The van der Waals surface area contributed by atoms with E-state index >= 15 is 0 Å². The SMILES string of the molecule is COc1cccc(-c2nc3sc(C4CCCCC4)nn3c2C=O)c1. The highest BCUT2D eigenvalue weighted by Gasteiger charge is 2.23. The topological polar surface area (TPSA) is 56.5 Å². The molecule has 1 aromatic carbocycles. The van der Waals surface area contributed by atoms with Gasteiger partial charge in [0, 0.05) is 11.5 Å². The van der Waals surface area contributed by atoms with Crippen LogP contribution in [0.3, 0.4) is 0 Å². The van der Waals surface area contributed by atoms with Crippen molar-refractivity contribution in [2.24, 2.45) is 0 Å². The molecule has 0 aliphatic heterocycles. The number of methoxy groups -OCH3 is 1. The summed E-state index contributed by atoms with van der Waals surface area (Å²) in [5.74, 6) is 1.27.